The second-order valence-electron chi connectivity index (χ2n) is 5.82. The van der Waals surface area contributed by atoms with Gasteiger partial charge in [0.15, 0.2) is 0 Å². The van der Waals surface area contributed by atoms with Crippen molar-refractivity contribution >= 4 is 15.9 Å². The molecule has 2 fully saturated rings. The second-order valence-corrected chi connectivity index (χ2v) is 7.81. The summed E-state index contributed by atoms with van der Waals surface area (Å²) >= 11 is 0. The van der Waals surface area contributed by atoms with Gasteiger partial charge in [0, 0.05) is 25.6 Å². The Morgan fingerprint density at radius 1 is 1.26 bits per heavy atom. The molecule has 5 nitrogen and oxygen atoms in total. The van der Waals surface area contributed by atoms with E-state index >= 15 is 0 Å². The third kappa shape index (κ3) is 3.92. The van der Waals surface area contributed by atoms with Gasteiger partial charge in [0.05, 0.1) is 6.26 Å². The molecule has 6 heteroatoms. The van der Waals surface area contributed by atoms with Crippen molar-refractivity contribution in [2.45, 2.75) is 32.6 Å². The lowest BCUT2D eigenvalue weighted by Gasteiger charge is -2.18. The molecule has 110 valence electrons. The van der Waals surface area contributed by atoms with Crippen molar-refractivity contribution < 1.29 is 13.2 Å². The van der Waals surface area contributed by atoms with Gasteiger partial charge in [-0.3, -0.25) is 4.79 Å². The van der Waals surface area contributed by atoms with Crippen LogP contribution in [0.1, 0.15) is 32.6 Å². The monoisotopic (exact) mass is 288 g/mol. The van der Waals surface area contributed by atoms with Crippen LogP contribution in [0.25, 0.3) is 0 Å². The average molecular weight is 288 g/mol. The Morgan fingerprint density at radius 2 is 1.89 bits per heavy atom. The van der Waals surface area contributed by atoms with Crippen LogP contribution >= 0.6 is 0 Å². The summed E-state index contributed by atoms with van der Waals surface area (Å²) in [6.07, 6.45) is 5.33. The van der Waals surface area contributed by atoms with Crippen LogP contribution in [-0.4, -0.2) is 44.5 Å². The van der Waals surface area contributed by atoms with Gasteiger partial charge in [-0.05, 0) is 37.5 Å². The lowest BCUT2D eigenvalue weighted by Crippen LogP contribution is -2.35. The van der Waals surface area contributed by atoms with E-state index in [-0.39, 0.29) is 11.8 Å². The number of carbonyl (C=O) groups is 1. The first-order valence-corrected chi connectivity index (χ1v) is 8.99. The Bertz CT molecular complexity index is 425. The SMILES string of the molecule is CCN(CCCNC(=O)C1CC2CC2C1)S(C)(=O)=O. The summed E-state index contributed by atoms with van der Waals surface area (Å²) in [6.45, 7) is 3.35. The van der Waals surface area contributed by atoms with Crippen molar-refractivity contribution in [3.63, 3.8) is 0 Å². The molecule has 0 spiro atoms. The van der Waals surface area contributed by atoms with E-state index in [0.29, 0.717) is 26.1 Å². The second kappa shape index (κ2) is 5.79. The molecule has 2 aliphatic carbocycles. The van der Waals surface area contributed by atoms with Crippen LogP contribution in [0.5, 0.6) is 0 Å². The molecule has 2 atom stereocenters. The Labute approximate surface area is 115 Å². The summed E-state index contributed by atoms with van der Waals surface area (Å²) in [5, 5.41) is 2.94. The van der Waals surface area contributed by atoms with E-state index in [1.54, 1.807) is 0 Å². The molecule has 2 rings (SSSR count). The van der Waals surface area contributed by atoms with E-state index in [9.17, 15) is 13.2 Å². The predicted octanol–water partition coefficient (Wildman–Crippen LogP) is 0.820. The lowest BCUT2D eigenvalue weighted by atomic mass is 10.0. The zero-order valence-corrected chi connectivity index (χ0v) is 12.6. The average Bonchev–Trinajstić information content (AvgIpc) is 2.94. The maximum atomic E-state index is 11.9. The van der Waals surface area contributed by atoms with Crippen LogP contribution in [0.4, 0.5) is 0 Å². The number of amides is 1. The molecule has 0 aromatic carbocycles. The first kappa shape index (κ1) is 14.8. The largest absolute Gasteiger partial charge is 0.356 e. The number of fused-ring (bicyclic) bond motifs is 1. The number of nitrogens with zero attached hydrogens (tertiary/aromatic N) is 1. The van der Waals surface area contributed by atoms with E-state index in [0.717, 1.165) is 24.7 Å². The molecule has 19 heavy (non-hydrogen) atoms. The van der Waals surface area contributed by atoms with Crippen molar-refractivity contribution in [2.75, 3.05) is 25.9 Å². The molecular formula is C13H24N2O3S. The van der Waals surface area contributed by atoms with E-state index in [1.165, 1.54) is 17.0 Å². The molecule has 0 aromatic rings. The van der Waals surface area contributed by atoms with Crippen molar-refractivity contribution in [1.29, 1.82) is 0 Å². The van der Waals surface area contributed by atoms with Crippen LogP contribution in [0.2, 0.25) is 0 Å². The van der Waals surface area contributed by atoms with Crippen LogP contribution in [0.3, 0.4) is 0 Å². The van der Waals surface area contributed by atoms with Gasteiger partial charge in [-0.15, -0.1) is 0 Å². The first-order chi connectivity index (χ1) is 8.91. The van der Waals surface area contributed by atoms with Crippen molar-refractivity contribution in [1.82, 2.24) is 9.62 Å². The van der Waals surface area contributed by atoms with Gasteiger partial charge in [-0.25, -0.2) is 12.7 Å². The fraction of sp³-hybridized carbons (Fsp3) is 0.923. The van der Waals surface area contributed by atoms with Gasteiger partial charge >= 0.3 is 0 Å². The van der Waals surface area contributed by atoms with Gasteiger partial charge in [0.1, 0.15) is 0 Å². The maximum absolute atomic E-state index is 11.9. The molecule has 0 saturated heterocycles. The topological polar surface area (TPSA) is 66.5 Å². The summed E-state index contributed by atoms with van der Waals surface area (Å²) in [6, 6.07) is 0. The maximum Gasteiger partial charge on any atom is 0.223 e. The fourth-order valence-corrected chi connectivity index (χ4v) is 4.03. The molecule has 0 bridgehead atoms. The van der Waals surface area contributed by atoms with Gasteiger partial charge in [-0.2, -0.15) is 0 Å². The minimum absolute atomic E-state index is 0.162. The standard InChI is InChI=1S/C13H24N2O3S/c1-3-15(19(2,17)18)6-4-5-14-13(16)12-8-10-7-11(10)9-12/h10-12H,3-9H2,1-2H3,(H,14,16). The summed E-state index contributed by atoms with van der Waals surface area (Å²) in [5.74, 6) is 2.00. The Hall–Kier alpha value is -0.620. The summed E-state index contributed by atoms with van der Waals surface area (Å²) in [7, 11) is -3.11. The Balaban J connectivity index is 1.62. The number of rotatable bonds is 7. The molecular weight excluding hydrogens is 264 g/mol. The zero-order chi connectivity index (χ0) is 14.0. The Morgan fingerprint density at radius 3 is 2.42 bits per heavy atom. The van der Waals surface area contributed by atoms with E-state index < -0.39 is 10.0 Å². The van der Waals surface area contributed by atoms with Crippen LogP contribution in [-0.2, 0) is 14.8 Å². The molecule has 1 amide bonds. The normalized spacial score (nSPS) is 29.3. The minimum Gasteiger partial charge on any atom is -0.356 e. The van der Waals surface area contributed by atoms with E-state index in [4.69, 9.17) is 0 Å². The van der Waals surface area contributed by atoms with Crippen molar-refractivity contribution in [3.8, 4) is 0 Å². The first-order valence-electron chi connectivity index (χ1n) is 7.14. The van der Waals surface area contributed by atoms with E-state index in [2.05, 4.69) is 5.32 Å². The molecule has 2 saturated carbocycles. The molecule has 0 radical (unpaired) electrons. The molecule has 0 heterocycles. The van der Waals surface area contributed by atoms with E-state index in [1.807, 2.05) is 6.92 Å². The lowest BCUT2D eigenvalue weighted by molar-refractivity contribution is -0.125. The predicted molar refractivity (Wildman–Crippen MR) is 74.0 cm³/mol. The zero-order valence-electron chi connectivity index (χ0n) is 11.8. The summed E-state index contributed by atoms with van der Waals surface area (Å²) in [4.78, 5) is 11.9. The summed E-state index contributed by atoms with van der Waals surface area (Å²) in [5.41, 5.74) is 0. The highest BCUT2D eigenvalue weighted by atomic mass is 32.2. The highest BCUT2D eigenvalue weighted by Crippen LogP contribution is 2.54. The molecule has 2 unspecified atom stereocenters. The quantitative estimate of drug-likeness (QED) is 0.705. The number of carbonyl (C=O) groups excluding carboxylic acids is 1. The van der Waals surface area contributed by atoms with Gasteiger partial charge in [-0.1, -0.05) is 6.92 Å². The highest BCUT2D eigenvalue weighted by Gasteiger charge is 2.47. The third-order valence-electron chi connectivity index (χ3n) is 4.32. The van der Waals surface area contributed by atoms with Crippen LogP contribution in [0, 0.1) is 17.8 Å². The van der Waals surface area contributed by atoms with Gasteiger partial charge in [0.2, 0.25) is 15.9 Å². The molecule has 0 aromatic heterocycles. The van der Waals surface area contributed by atoms with Crippen LogP contribution in [0.15, 0.2) is 0 Å². The van der Waals surface area contributed by atoms with Gasteiger partial charge < -0.3 is 5.32 Å². The van der Waals surface area contributed by atoms with Gasteiger partial charge in [0.25, 0.3) is 0 Å². The summed E-state index contributed by atoms with van der Waals surface area (Å²) < 4.78 is 24.2. The fourth-order valence-electron chi connectivity index (χ4n) is 3.10. The number of hydrogen-bond donors (Lipinski definition) is 1. The smallest absolute Gasteiger partial charge is 0.223 e. The van der Waals surface area contributed by atoms with Crippen molar-refractivity contribution in [3.05, 3.63) is 0 Å². The molecule has 2 aliphatic rings. The number of sulfonamides is 1. The number of nitrogens with one attached hydrogen (secondary N) is 1. The van der Waals surface area contributed by atoms with Crippen LogP contribution < -0.4 is 5.32 Å². The highest BCUT2D eigenvalue weighted by molar-refractivity contribution is 7.88. The molecule has 1 N–H and O–H groups in total. The minimum atomic E-state index is -3.11. The molecule has 0 aliphatic heterocycles. The Kier molecular flexibility index (Phi) is 4.50. The van der Waals surface area contributed by atoms with Crippen molar-refractivity contribution in [2.24, 2.45) is 17.8 Å². The number of hydrogen-bond acceptors (Lipinski definition) is 3. The third-order valence-corrected chi connectivity index (χ3v) is 5.70.